The van der Waals surface area contributed by atoms with Crippen LogP contribution in [0.15, 0.2) is 73.4 Å². The molecule has 1 atom stereocenters. The summed E-state index contributed by atoms with van der Waals surface area (Å²) in [4.78, 5) is 39.5. The predicted octanol–water partition coefficient (Wildman–Crippen LogP) is 4.08. The number of likely N-dealkylation sites (tertiary alicyclic amines) is 1. The second-order valence-electron chi connectivity index (χ2n) is 8.85. The lowest BCUT2D eigenvalue weighted by Gasteiger charge is -2.33. The standard InChI is InChI=1S/C27H27N7O/c1-33(2)27-30-16-22(19-8-4-3-5-9-19)25(32-27)20-10-7-13-34(17-20)26(35)24-12-6-11-23(31-24)21-14-28-18-29-15-21/h3-6,8-9,11-12,14-16,18,20H,7,10,13,17H2,1-2H3/t20-/m0/s1. The maximum atomic E-state index is 13.5. The highest BCUT2D eigenvalue weighted by Crippen LogP contribution is 2.34. The summed E-state index contributed by atoms with van der Waals surface area (Å²) < 4.78 is 0. The van der Waals surface area contributed by atoms with Gasteiger partial charge in [-0.1, -0.05) is 36.4 Å². The fraction of sp³-hybridized carbons (Fsp3) is 0.259. The van der Waals surface area contributed by atoms with Crippen LogP contribution in [0, 0.1) is 0 Å². The molecule has 1 amide bonds. The Morgan fingerprint density at radius 1 is 0.943 bits per heavy atom. The van der Waals surface area contributed by atoms with E-state index in [2.05, 4.69) is 32.1 Å². The Bertz CT molecular complexity index is 1310. The summed E-state index contributed by atoms with van der Waals surface area (Å²) in [6, 6.07) is 15.7. The second kappa shape index (κ2) is 9.97. The first-order valence-corrected chi connectivity index (χ1v) is 11.7. The molecule has 5 rings (SSSR count). The largest absolute Gasteiger partial charge is 0.347 e. The van der Waals surface area contributed by atoms with Crippen LogP contribution in [0.25, 0.3) is 22.4 Å². The number of pyridine rings is 1. The molecule has 4 heterocycles. The van der Waals surface area contributed by atoms with Gasteiger partial charge in [0.2, 0.25) is 5.95 Å². The molecule has 1 fully saturated rings. The van der Waals surface area contributed by atoms with E-state index in [1.807, 2.05) is 60.4 Å². The van der Waals surface area contributed by atoms with Crippen molar-refractivity contribution in [3.63, 3.8) is 0 Å². The van der Waals surface area contributed by atoms with Crippen molar-refractivity contribution >= 4 is 11.9 Å². The Balaban J connectivity index is 1.44. The number of nitrogens with zero attached hydrogens (tertiary/aromatic N) is 7. The van der Waals surface area contributed by atoms with Crippen molar-refractivity contribution in [2.24, 2.45) is 0 Å². The quantitative estimate of drug-likeness (QED) is 0.439. The minimum atomic E-state index is -0.0726. The van der Waals surface area contributed by atoms with E-state index >= 15 is 0 Å². The van der Waals surface area contributed by atoms with Crippen LogP contribution < -0.4 is 4.90 Å². The molecule has 0 unspecified atom stereocenters. The molecule has 1 aliphatic heterocycles. The van der Waals surface area contributed by atoms with E-state index in [4.69, 9.17) is 4.98 Å². The molecule has 0 radical (unpaired) electrons. The first-order chi connectivity index (χ1) is 17.1. The fourth-order valence-corrected chi connectivity index (χ4v) is 4.44. The van der Waals surface area contributed by atoms with Crippen LogP contribution in [-0.4, -0.2) is 62.9 Å². The van der Waals surface area contributed by atoms with Crippen molar-refractivity contribution in [1.29, 1.82) is 0 Å². The van der Waals surface area contributed by atoms with Crippen LogP contribution in [0.2, 0.25) is 0 Å². The lowest BCUT2D eigenvalue weighted by atomic mass is 9.89. The van der Waals surface area contributed by atoms with Gasteiger partial charge in [0.15, 0.2) is 0 Å². The van der Waals surface area contributed by atoms with Crippen LogP contribution in [-0.2, 0) is 0 Å². The average molecular weight is 466 g/mol. The number of carbonyl (C=O) groups excluding carboxylic acids is 1. The maximum Gasteiger partial charge on any atom is 0.272 e. The number of hydrogen-bond donors (Lipinski definition) is 0. The summed E-state index contributed by atoms with van der Waals surface area (Å²) in [6.07, 6.45) is 8.64. The summed E-state index contributed by atoms with van der Waals surface area (Å²) in [7, 11) is 3.88. The molecule has 0 N–H and O–H groups in total. The zero-order valence-corrected chi connectivity index (χ0v) is 19.9. The third-order valence-corrected chi connectivity index (χ3v) is 6.21. The molecule has 4 aromatic rings. The topological polar surface area (TPSA) is 88.0 Å². The zero-order chi connectivity index (χ0) is 24.2. The summed E-state index contributed by atoms with van der Waals surface area (Å²) >= 11 is 0. The first kappa shape index (κ1) is 22.6. The molecule has 1 saturated heterocycles. The SMILES string of the molecule is CN(C)c1ncc(-c2ccccc2)c([C@H]2CCCN(C(=O)c3cccc(-c4cncnc4)n3)C2)n1. The number of amides is 1. The molecule has 1 aromatic carbocycles. The molecule has 8 heteroatoms. The Morgan fingerprint density at radius 3 is 2.51 bits per heavy atom. The van der Waals surface area contributed by atoms with Gasteiger partial charge in [-0.25, -0.2) is 24.9 Å². The number of anilines is 1. The molecule has 0 saturated carbocycles. The minimum Gasteiger partial charge on any atom is -0.347 e. The van der Waals surface area contributed by atoms with Gasteiger partial charge in [-0.2, -0.15) is 0 Å². The van der Waals surface area contributed by atoms with E-state index < -0.39 is 0 Å². The normalized spacial score (nSPS) is 15.6. The van der Waals surface area contributed by atoms with Gasteiger partial charge in [-0.15, -0.1) is 0 Å². The monoisotopic (exact) mass is 465 g/mol. The second-order valence-corrected chi connectivity index (χ2v) is 8.85. The zero-order valence-electron chi connectivity index (χ0n) is 19.9. The van der Waals surface area contributed by atoms with Crippen molar-refractivity contribution in [2.75, 3.05) is 32.1 Å². The number of hydrogen-bond acceptors (Lipinski definition) is 7. The third-order valence-electron chi connectivity index (χ3n) is 6.21. The summed E-state index contributed by atoms with van der Waals surface area (Å²) in [6.45, 7) is 1.28. The van der Waals surface area contributed by atoms with Crippen LogP contribution in [0.1, 0.15) is 34.9 Å². The molecular weight excluding hydrogens is 438 g/mol. The summed E-state index contributed by atoms with van der Waals surface area (Å²) in [5.41, 5.74) is 4.96. The Kier molecular flexibility index (Phi) is 6.43. The Labute approximate surface area is 204 Å². The smallest absolute Gasteiger partial charge is 0.272 e. The van der Waals surface area contributed by atoms with Crippen LogP contribution in [0.4, 0.5) is 5.95 Å². The number of benzene rings is 1. The lowest BCUT2D eigenvalue weighted by Crippen LogP contribution is -2.40. The van der Waals surface area contributed by atoms with E-state index in [1.54, 1.807) is 18.5 Å². The number of rotatable bonds is 5. The lowest BCUT2D eigenvalue weighted by molar-refractivity contribution is 0.0700. The third kappa shape index (κ3) is 4.87. The van der Waals surface area contributed by atoms with E-state index in [0.29, 0.717) is 30.4 Å². The molecule has 176 valence electrons. The molecule has 0 spiro atoms. The molecule has 35 heavy (non-hydrogen) atoms. The van der Waals surface area contributed by atoms with Crippen molar-refractivity contribution in [2.45, 2.75) is 18.8 Å². The molecule has 3 aromatic heterocycles. The molecule has 8 nitrogen and oxygen atoms in total. The molecule has 1 aliphatic rings. The minimum absolute atomic E-state index is 0.0726. The molecular formula is C27H27N7O. The van der Waals surface area contributed by atoms with Gasteiger partial charge in [-0.3, -0.25) is 4.79 Å². The Morgan fingerprint density at radius 2 is 1.74 bits per heavy atom. The number of carbonyl (C=O) groups is 1. The van der Waals surface area contributed by atoms with Crippen LogP contribution in [0.3, 0.4) is 0 Å². The van der Waals surface area contributed by atoms with Crippen molar-refractivity contribution < 1.29 is 4.79 Å². The summed E-state index contributed by atoms with van der Waals surface area (Å²) in [5, 5.41) is 0. The first-order valence-electron chi connectivity index (χ1n) is 11.7. The van der Waals surface area contributed by atoms with E-state index in [-0.39, 0.29) is 11.8 Å². The van der Waals surface area contributed by atoms with Crippen LogP contribution >= 0.6 is 0 Å². The van der Waals surface area contributed by atoms with Gasteiger partial charge in [0, 0.05) is 62.8 Å². The van der Waals surface area contributed by atoms with Crippen molar-refractivity contribution in [3.8, 4) is 22.4 Å². The predicted molar refractivity (Wildman–Crippen MR) is 135 cm³/mol. The Hall–Kier alpha value is -4.20. The van der Waals surface area contributed by atoms with Gasteiger partial charge >= 0.3 is 0 Å². The molecule has 0 bridgehead atoms. The fourth-order valence-electron chi connectivity index (χ4n) is 4.44. The highest BCUT2D eigenvalue weighted by molar-refractivity contribution is 5.93. The van der Waals surface area contributed by atoms with E-state index in [1.165, 1.54) is 6.33 Å². The van der Waals surface area contributed by atoms with E-state index in [9.17, 15) is 4.79 Å². The van der Waals surface area contributed by atoms with Gasteiger partial charge in [0.1, 0.15) is 12.0 Å². The van der Waals surface area contributed by atoms with Gasteiger partial charge in [0.25, 0.3) is 5.91 Å². The van der Waals surface area contributed by atoms with E-state index in [0.717, 1.165) is 35.2 Å². The maximum absolute atomic E-state index is 13.5. The highest BCUT2D eigenvalue weighted by Gasteiger charge is 2.29. The summed E-state index contributed by atoms with van der Waals surface area (Å²) in [5.74, 6) is 0.703. The van der Waals surface area contributed by atoms with Gasteiger partial charge < -0.3 is 9.80 Å². The van der Waals surface area contributed by atoms with Crippen molar-refractivity contribution in [1.82, 2.24) is 29.8 Å². The average Bonchev–Trinajstić information content (AvgIpc) is 2.93. The number of aromatic nitrogens is 5. The van der Waals surface area contributed by atoms with Gasteiger partial charge in [-0.05, 0) is 30.5 Å². The number of piperidine rings is 1. The molecule has 0 aliphatic carbocycles. The van der Waals surface area contributed by atoms with Gasteiger partial charge in [0.05, 0.1) is 11.4 Å². The highest BCUT2D eigenvalue weighted by atomic mass is 16.2. The van der Waals surface area contributed by atoms with Crippen molar-refractivity contribution in [3.05, 3.63) is 84.8 Å². The van der Waals surface area contributed by atoms with Crippen LogP contribution in [0.5, 0.6) is 0 Å².